The maximum Gasteiger partial charge on any atom is 1.00 e. The first kappa shape index (κ1) is 18.9. The molecule has 118 valence electrons. The van der Waals surface area contributed by atoms with Gasteiger partial charge in [0.15, 0.2) is 0 Å². The number of carboxylic acids is 1. The maximum absolute atomic E-state index is 12.1. The first-order valence-corrected chi connectivity index (χ1v) is 8.55. The smallest absolute Gasteiger partial charge is 0.543 e. The van der Waals surface area contributed by atoms with Crippen molar-refractivity contribution in [3.63, 3.8) is 0 Å². The maximum atomic E-state index is 12.1. The summed E-state index contributed by atoms with van der Waals surface area (Å²) in [6.45, 7) is 3.44. The van der Waals surface area contributed by atoms with E-state index in [2.05, 4.69) is 9.59 Å². The second kappa shape index (κ2) is 7.20. The summed E-state index contributed by atoms with van der Waals surface area (Å²) in [6.07, 6.45) is 0.823. The fraction of sp³-hybridized carbons (Fsp3) is 0.538. The van der Waals surface area contributed by atoms with Gasteiger partial charge in [0.1, 0.15) is 4.21 Å². The van der Waals surface area contributed by atoms with Crippen LogP contribution in [-0.4, -0.2) is 49.4 Å². The number of carboxylic acid groups (broad SMARTS) is 1. The van der Waals surface area contributed by atoms with Gasteiger partial charge in [0.05, 0.1) is 35.9 Å². The van der Waals surface area contributed by atoms with Gasteiger partial charge in [-0.05, 0) is 24.0 Å². The van der Waals surface area contributed by atoms with E-state index >= 15 is 0 Å². The van der Waals surface area contributed by atoms with Crippen LogP contribution in [0.15, 0.2) is 21.7 Å². The summed E-state index contributed by atoms with van der Waals surface area (Å²) in [5.74, 6) is -1.92. The van der Waals surface area contributed by atoms with E-state index in [-0.39, 0.29) is 53.1 Å². The molecule has 3 heterocycles. The Balaban J connectivity index is 0.00000192. The van der Waals surface area contributed by atoms with Crippen LogP contribution in [0, 0.1) is 11.8 Å². The largest absolute Gasteiger partial charge is 1.00 e. The van der Waals surface area contributed by atoms with Crippen LogP contribution in [0.2, 0.25) is 0 Å². The average Bonchev–Trinajstić information content (AvgIpc) is 3.02. The Morgan fingerprint density at radius 1 is 1.61 bits per heavy atom. The van der Waals surface area contributed by atoms with Crippen LogP contribution in [0.3, 0.4) is 0 Å². The summed E-state index contributed by atoms with van der Waals surface area (Å²) in [6, 6.07) is -0.296. The van der Waals surface area contributed by atoms with Crippen LogP contribution in [-0.2, 0) is 9.59 Å². The Labute approximate surface area is 163 Å². The summed E-state index contributed by atoms with van der Waals surface area (Å²) in [5.41, 5.74) is 0.629. The molecule has 1 fully saturated rings. The van der Waals surface area contributed by atoms with Crippen molar-refractivity contribution in [2.45, 2.75) is 30.2 Å². The second-order valence-corrected chi connectivity index (χ2v) is 7.50. The van der Waals surface area contributed by atoms with E-state index < -0.39 is 18.0 Å². The number of aliphatic hydroxyl groups is 1. The molecular weight excluding hydrogens is 349 g/mol. The number of hydrogen-bond donors (Lipinski definition) is 1. The van der Waals surface area contributed by atoms with Crippen molar-refractivity contribution >= 4 is 35.2 Å². The molecule has 0 spiro atoms. The van der Waals surface area contributed by atoms with Crippen LogP contribution in [0.25, 0.3) is 0 Å². The number of β-lactam (4-membered cyclic amide) rings is 1. The van der Waals surface area contributed by atoms with Gasteiger partial charge in [0, 0.05) is 11.7 Å². The predicted molar refractivity (Wildman–Crippen MR) is 77.6 cm³/mol. The van der Waals surface area contributed by atoms with Crippen molar-refractivity contribution in [2.75, 3.05) is 5.75 Å². The molecule has 0 radical (unpaired) electrons. The van der Waals surface area contributed by atoms with Gasteiger partial charge in [0.25, 0.3) is 0 Å². The number of nitrogens with zero attached hydrogens (tertiary/aromatic N) is 3. The van der Waals surface area contributed by atoms with E-state index in [1.807, 2.05) is 6.92 Å². The SMILES string of the molecule is C[C@@H](O)[C@H]1C(=O)N2C(C(=O)[O-])=C(CSc3cnns3)[C@H](C)[C@H]12.[Na+]. The minimum atomic E-state index is -1.34. The van der Waals surface area contributed by atoms with Crippen LogP contribution in [0.5, 0.6) is 0 Å². The van der Waals surface area contributed by atoms with E-state index in [1.165, 1.54) is 28.2 Å². The molecule has 1 aromatic rings. The van der Waals surface area contributed by atoms with Gasteiger partial charge in [0.2, 0.25) is 5.91 Å². The Morgan fingerprint density at radius 2 is 2.30 bits per heavy atom. The van der Waals surface area contributed by atoms with Gasteiger partial charge in [-0.3, -0.25) is 4.79 Å². The average molecular weight is 363 g/mol. The summed E-state index contributed by atoms with van der Waals surface area (Å²) in [7, 11) is 0. The van der Waals surface area contributed by atoms with Crippen LogP contribution in [0.4, 0.5) is 0 Å². The number of carbonyl (C=O) groups is 2. The van der Waals surface area contributed by atoms with Gasteiger partial charge >= 0.3 is 29.6 Å². The van der Waals surface area contributed by atoms with E-state index in [1.54, 1.807) is 13.1 Å². The number of aliphatic hydroxyl groups excluding tert-OH is 1. The van der Waals surface area contributed by atoms with Crippen molar-refractivity contribution in [3.05, 3.63) is 17.5 Å². The molecule has 3 rings (SSSR count). The first-order valence-electron chi connectivity index (χ1n) is 6.79. The quantitative estimate of drug-likeness (QED) is 0.329. The molecular formula is C13H14N3NaO4S2. The third-order valence-corrected chi connectivity index (χ3v) is 6.10. The zero-order chi connectivity index (χ0) is 16.0. The molecule has 4 atom stereocenters. The first-order chi connectivity index (χ1) is 10.4. The normalized spacial score (nSPS) is 27.3. The molecule has 10 heteroatoms. The summed E-state index contributed by atoms with van der Waals surface area (Å²) in [5, 5.41) is 25.0. The molecule has 2 aliphatic heterocycles. The number of amides is 1. The van der Waals surface area contributed by atoms with Crippen molar-refractivity contribution in [2.24, 2.45) is 11.8 Å². The monoisotopic (exact) mass is 363 g/mol. The number of fused-ring (bicyclic) bond motifs is 1. The van der Waals surface area contributed by atoms with Crippen molar-refractivity contribution in [3.8, 4) is 0 Å². The third kappa shape index (κ3) is 3.10. The molecule has 0 aromatic carbocycles. The zero-order valence-electron chi connectivity index (χ0n) is 12.9. The van der Waals surface area contributed by atoms with Gasteiger partial charge < -0.3 is 19.9 Å². The van der Waals surface area contributed by atoms with Gasteiger partial charge in [-0.25, -0.2) is 0 Å². The molecule has 1 saturated heterocycles. The molecule has 1 amide bonds. The number of rotatable bonds is 5. The standard InChI is InChI=1S/C13H15N3O4S2.Na/c1-5-7(4-21-8-3-14-15-22-8)11(13(19)20)16-10(5)9(6(2)17)12(16)18;/h3,5-6,9-10,17H,4H2,1-2H3,(H,19,20);/q;+1/p-1/t5-,6+,9+,10+;/m0./s1. The Bertz CT molecular complexity index is 650. The predicted octanol–water partition coefficient (Wildman–Crippen LogP) is -3.50. The molecule has 1 aromatic heterocycles. The Kier molecular flexibility index (Phi) is 5.91. The van der Waals surface area contributed by atoms with E-state index in [9.17, 15) is 19.8 Å². The van der Waals surface area contributed by atoms with Gasteiger partial charge in [-0.2, -0.15) is 0 Å². The third-order valence-electron chi connectivity index (χ3n) is 4.22. The fourth-order valence-electron chi connectivity index (χ4n) is 3.19. The summed E-state index contributed by atoms with van der Waals surface area (Å²) < 4.78 is 4.64. The minimum Gasteiger partial charge on any atom is -0.543 e. The fourth-order valence-corrected chi connectivity index (χ4v) is 4.77. The van der Waals surface area contributed by atoms with Gasteiger partial charge in [-0.1, -0.05) is 11.4 Å². The van der Waals surface area contributed by atoms with E-state index in [0.717, 1.165) is 4.21 Å². The minimum absolute atomic E-state index is 0. The Morgan fingerprint density at radius 3 is 2.83 bits per heavy atom. The summed E-state index contributed by atoms with van der Waals surface area (Å²) >= 11 is 2.67. The number of carbonyl (C=O) groups excluding carboxylic acids is 2. The van der Waals surface area contributed by atoms with Crippen molar-refractivity contribution in [1.82, 2.24) is 14.5 Å². The number of thioether (sulfide) groups is 1. The molecule has 0 bridgehead atoms. The number of hydrogen-bond acceptors (Lipinski definition) is 8. The molecule has 1 N–H and O–H groups in total. The van der Waals surface area contributed by atoms with Crippen LogP contribution >= 0.6 is 23.3 Å². The molecule has 0 saturated carbocycles. The van der Waals surface area contributed by atoms with E-state index in [4.69, 9.17) is 0 Å². The number of aromatic nitrogens is 2. The molecule has 0 aliphatic carbocycles. The van der Waals surface area contributed by atoms with Crippen molar-refractivity contribution in [1.29, 1.82) is 0 Å². The molecule has 7 nitrogen and oxygen atoms in total. The molecule has 2 aliphatic rings. The molecule has 23 heavy (non-hydrogen) atoms. The molecule has 0 unspecified atom stereocenters. The van der Waals surface area contributed by atoms with Crippen molar-refractivity contribution < 1.29 is 49.4 Å². The van der Waals surface area contributed by atoms with Crippen LogP contribution < -0.4 is 34.7 Å². The van der Waals surface area contributed by atoms with Gasteiger partial charge in [-0.15, -0.1) is 16.9 Å². The Hall–Kier alpha value is -0.450. The summed E-state index contributed by atoms with van der Waals surface area (Å²) in [4.78, 5) is 24.9. The zero-order valence-corrected chi connectivity index (χ0v) is 16.6. The topological polar surface area (TPSA) is 106 Å². The second-order valence-electron chi connectivity index (χ2n) is 5.44. The van der Waals surface area contributed by atoms with Crippen LogP contribution in [0.1, 0.15) is 13.8 Å². The number of aliphatic carboxylic acids is 1. The van der Waals surface area contributed by atoms with E-state index in [0.29, 0.717) is 11.3 Å².